The van der Waals surface area contributed by atoms with Crippen molar-refractivity contribution in [2.45, 2.75) is 39.2 Å². The Balaban J connectivity index is 1.49. The first-order valence-electron chi connectivity index (χ1n) is 7.78. The molecule has 2 aromatic heterocycles. The number of hydrogen-bond donors (Lipinski definition) is 0. The number of likely N-dealkylation sites (tertiary alicyclic amines) is 1. The average molecular weight is 322 g/mol. The largest absolute Gasteiger partial charge is 0.470 e. The maximum absolute atomic E-state index is 5.75. The van der Waals surface area contributed by atoms with E-state index in [4.69, 9.17) is 9.26 Å². The summed E-state index contributed by atoms with van der Waals surface area (Å²) in [6.45, 7) is 7.68. The second-order valence-corrected chi connectivity index (χ2v) is 6.91. The molecule has 1 aliphatic heterocycles. The fraction of sp³-hybridized carbons (Fsp3) is 0.667. The molecule has 0 amide bonds. The van der Waals surface area contributed by atoms with E-state index in [9.17, 15) is 0 Å². The van der Waals surface area contributed by atoms with Gasteiger partial charge in [-0.05, 0) is 19.4 Å². The van der Waals surface area contributed by atoms with E-state index >= 15 is 0 Å². The molecule has 3 rings (SSSR count). The third-order valence-corrected chi connectivity index (χ3v) is 4.50. The Morgan fingerprint density at radius 2 is 2.41 bits per heavy atom. The van der Waals surface area contributed by atoms with Crippen molar-refractivity contribution in [2.24, 2.45) is 5.92 Å². The summed E-state index contributed by atoms with van der Waals surface area (Å²) in [6, 6.07) is 0. The molecule has 120 valence electrons. The van der Waals surface area contributed by atoms with Crippen molar-refractivity contribution in [1.82, 2.24) is 20.0 Å². The highest BCUT2D eigenvalue weighted by Gasteiger charge is 2.22. The first-order chi connectivity index (χ1) is 10.7. The van der Waals surface area contributed by atoms with Crippen molar-refractivity contribution in [2.75, 3.05) is 19.7 Å². The van der Waals surface area contributed by atoms with Gasteiger partial charge in [-0.25, -0.2) is 4.98 Å². The van der Waals surface area contributed by atoms with Gasteiger partial charge in [0.1, 0.15) is 0 Å². The minimum absolute atomic E-state index is 0.304. The van der Waals surface area contributed by atoms with Crippen LogP contribution < -0.4 is 4.74 Å². The van der Waals surface area contributed by atoms with Gasteiger partial charge in [0.15, 0.2) is 5.82 Å². The summed E-state index contributed by atoms with van der Waals surface area (Å²) in [5.74, 6) is 2.34. The molecular formula is C15H22N4O2S. The van der Waals surface area contributed by atoms with Gasteiger partial charge in [0.25, 0.3) is 5.19 Å². The fourth-order valence-corrected chi connectivity index (χ4v) is 3.16. The summed E-state index contributed by atoms with van der Waals surface area (Å²) in [4.78, 5) is 11.0. The molecule has 1 atom stereocenters. The Kier molecular flexibility index (Phi) is 5.04. The molecule has 0 N–H and O–H groups in total. The lowest BCUT2D eigenvalue weighted by Gasteiger charge is -2.31. The van der Waals surface area contributed by atoms with Crippen molar-refractivity contribution < 1.29 is 9.26 Å². The first kappa shape index (κ1) is 15.4. The van der Waals surface area contributed by atoms with Gasteiger partial charge in [-0.3, -0.25) is 4.90 Å². The minimum Gasteiger partial charge on any atom is -0.470 e. The van der Waals surface area contributed by atoms with E-state index in [0.717, 1.165) is 37.3 Å². The normalized spacial score (nSPS) is 19.7. The van der Waals surface area contributed by atoms with E-state index in [-0.39, 0.29) is 0 Å². The number of hydrogen-bond acceptors (Lipinski definition) is 7. The second-order valence-electron chi connectivity index (χ2n) is 6.05. The fourth-order valence-electron chi connectivity index (χ4n) is 2.66. The van der Waals surface area contributed by atoms with E-state index in [1.165, 1.54) is 12.8 Å². The maximum Gasteiger partial charge on any atom is 0.273 e. The highest BCUT2D eigenvalue weighted by Crippen LogP contribution is 2.21. The van der Waals surface area contributed by atoms with Crippen molar-refractivity contribution in [3.8, 4) is 5.19 Å². The van der Waals surface area contributed by atoms with Crippen LogP contribution in [0.4, 0.5) is 0 Å². The van der Waals surface area contributed by atoms with E-state index in [1.807, 2.05) is 5.38 Å². The summed E-state index contributed by atoms with van der Waals surface area (Å²) in [7, 11) is 0. The average Bonchev–Trinajstić information content (AvgIpc) is 3.17. The quantitative estimate of drug-likeness (QED) is 0.815. The summed E-state index contributed by atoms with van der Waals surface area (Å²) >= 11 is 1.54. The SMILES string of the molecule is CC(C)c1noc(CN2CCCC(COc3nccs3)C2)n1. The Bertz CT molecular complexity index is 570. The zero-order valence-corrected chi connectivity index (χ0v) is 13.9. The molecule has 0 bridgehead atoms. The first-order valence-corrected chi connectivity index (χ1v) is 8.66. The molecule has 0 saturated carbocycles. The molecule has 1 unspecified atom stereocenters. The van der Waals surface area contributed by atoms with Gasteiger partial charge >= 0.3 is 0 Å². The molecule has 7 heteroatoms. The van der Waals surface area contributed by atoms with Crippen LogP contribution in [-0.4, -0.2) is 39.7 Å². The summed E-state index contributed by atoms with van der Waals surface area (Å²) in [5.41, 5.74) is 0. The summed E-state index contributed by atoms with van der Waals surface area (Å²) < 4.78 is 11.1. The summed E-state index contributed by atoms with van der Waals surface area (Å²) in [5, 5.41) is 6.72. The van der Waals surface area contributed by atoms with Gasteiger partial charge in [-0.2, -0.15) is 4.98 Å². The van der Waals surface area contributed by atoms with Crippen molar-refractivity contribution in [1.29, 1.82) is 0 Å². The third kappa shape index (κ3) is 4.04. The molecule has 0 spiro atoms. The van der Waals surface area contributed by atoms with Crippen LogP contribution in [-0.2, 0) is 6.54 Å². The Morgan fingerprint density at radius 3 is 3.14 bits per heavy atom. The number of thiazole rings is 1. The Morgan fingerprint density at radius 1 is 1.50 bits per heavy atom. The van der Waals surface area contributed by atoms with Crippen molar-refractivity contribution in [3.63, 3.8) is 0 Å². The topological polar surface area (TPSA) is 64.3 Å². The lowest BCUT2D eigenvalue weighted by Crippen LogP contribution is -2.37. The molecule has 0 radical (unpaired) electrons. The van der Waals surface area contributed by atoms with E-state index in [2.05, 4.69) is 33.9 Å². The van der Waals surface area contributed by atoms with Crippen LogP contribution in [0.1, 0.15) is 44.3 Å². The molecule has 3 heterocycles. The third-order valence-electron chi connectivity index (χ3n) is 3.81. The van der Waals surface area contributed by atoms with Crippen LogP contribution >= 0.6 is 11.3 Å². The van der Waals surface area contributed by atoms with E-state index in [1.54, 1.807) is 17.5 Å². The molecule has 1 saturated heterocycles. The van der Waals surface area contributed by atoms with Gasteiger partial charge in [-0.15, -0.1) is 0 Å². The van der Waals surface area contributed by atoms with E-state index in [0.29, 0.717) is 17.7 Å². The highest BCUT2D eigenvalue weighted by molar-refractivity contribution is 7.11. The maximum atomic E-state index is 5.75. The van der Waals surface area contributed by atoms with Crippen LogP contribution in [0.5, 0.6) is 5.19 Å². The lowest BCUT2D eigenvalue weighted by molar-refractivity contribution is 0.115. The molecule has 0 aromatic carbocycles. The van der Waals surface area contributed by atoms with Gasteiger partial charge in [0.05, 0.1) is 13.2 Å². The molecule has 6 nitrogen and oxygen atoms in total. The van der Waals surface area contributed by atoms with Gasteiger partial charge in [-0.1, -0.05) is 30.3 Å². The molecule has 1 aliphatic rings. The van der Waals surface area contributed by atoms with Gasteiger partial charge in [0, 0.05) is 30.0 Å². The molecular weight excluding hydrogens is 300 g/mol. The van der Waals surface area contributed by atoms with Gasteiger partial charge < -0.3 is 9.26 Å². The van der Waals surface area contributed by atoms with Crippen molar-refractivity contribution in [3.05, 3.63) is 23.3 Å². The van der Waals surface area contributed by atoms with Crippen LogP contribution in [0, 0.1) is 5.92 Å². The number of ether oxygens (including phenoxy) is 1. The van der Waals surface area contributed by atoms with Crippen LogP contribution in [0.25, 0.3) is 0 Å². The number of rotatable bonds is 6. The monoisotopic (exact) mass is 322 g/mol. The zero-order valence-electron chi connectivity index (χ0n) is 13.1. The molecule has 1 fully saturated rings. The second kappa shape index (κ2) is 7.19. The molecule has 22 heavy (non-hydrogen) atoms. The Labute approximate surface area is 134 Å². The molecule has 0 aliphatic carbocycles. The molecule has 2 aromatic rings. The number of aromatic nitrogens is 3. The predicted molar refractivity (Wildman–Crippen MR) is 84.0 cm³/mol. The predicted octanol–water partition coefficient (Wildman–Crippen LogP) is 2.94. The Hall–Kier alpha value is -1.47. The number of piperidine rings is 1. The lowest BCUT2D eigenvalue weighted by atomic mass is 9.99. The highest BCUT2D eigenvalue weighted by atomic mass is 32.1. The van der Waals surface area contributed by atoms with Crippen LogP contribution in [0.3, 0.4) is 0 Å². The standard InChI is InChI=1S/C15H22N4O2S/c1-11(2)14-17-13(21-18-14)9-19-6-3-4-12(8-19)10-20-15-16-5-7-22-15/h5,7,11-12H,3-4,6,8-10H2,1-2H3. The number of nitrogens with zero attached hydrogens (tertiary/aromatic N) is 4. The summed E-state index contributed by atoms with van der Waals surface area (Å²) in [6.07, 6.45) is 4.15. The van der Waals surface area contributed by atoms with Gasteiger partial charge in [0.2, 0.25) is 5.89 Å². The van der Waals surface area contributed by atoms with Crippen molar-refractivity contribution >= 4 is 11.3 Å². The van der Waals surface area contributed by atoms with E-state index < -0.39 is 0 Å². The minimum atomic E-state index is 0.304. The zero-order chi connectivity index (χ0) is 15.4. The van der Waals surface area contributed by atoms with Crippen LogP contribution in [0.2, 0.25) is 0 Å². The van der Waals surface area contributed by atoms with Crippen LogP contribution in [0.15, 0.2) is 16.1 Å². The smallest absolute Gasteiger partial charge is 0.273 e.